The Morgan fingerprint density at radius 1 is 1.08 bits per heavy atom. The lowest BCUT2D eigenvalue weighted by Crippen LogP contribution is -2.61. The molecule has 5 fully saturated rings. The average Bonchev–Trinajstić information content (AvgIpc) is 3.75. The number of rotatable bonds is 7. The topological polar surface area (TPSA) is 131 Å². The third kappa shape index (κ3) is 6.11. The minimum Gasteiger partial charge on any atom is -0.480 e. The van der Waals surface area contributed by atoms with Gasteiger partial charge in [-0.05, 0) is 88.8 Å². The number of likely N-dealkylation sites (tertiary alicyclic amines) is 1. The van der Waals surface area contributed by atoms with Gasteiger partial charge in [0.05, 0.1) is 45.2 Å². The monoisotopic (exact) mass is 749 g/mol. The second kappa shape index (κ2) is 13.4. The summed E-state index contributed by atoms with van der Waals surface area (Å²) in [6, 6.07) is 2.91. The fraction of sp³-hybridized carbons (Fsp3) is 0.641. The van der Waals surface area contributed by atoms with Crippen molar-refractivity contribution in [2.75, 3.05) is 64.7 Å². The van der Waals surface area contributed by atoms with Crippen molar-refractivity contribution in [1.29, 1.82) is 0 Å². The maximum Gasteiger partial charge on any atom is 0.319 e. The molecule has 1 aromatic carbocycles. The number of β-amino-alcohol motifs (C(OH)–C–C–N with tert-alkyl or cyclic N) is 1. The zero-order valence-corrected chi connectivity index (χ0v) is 31.6. The molecule has 12 nitrogen and oxygen atoms in total. The highest BCUT2D eigenvalue weighted by molar-refractivity contribution is 6.33. The number of nitrogens with zero attached hydrogens (tertiary/aromatic N) is 6. The lowest BCUT2D eigenvalue weighted by Gasteiger charge is -2.58. The van der Waals surface area contributed by atoms with Crippen LogP contribution in [0.4, 0.5) is 10.2 Å². The number of ether oxygens (including phenoxy) is 4. The van der Waals surface area contributed by atoms with Gasteiger partial charge in [-0.15, -0.1) is 0 Å². The zero-order chi connectivity index (χ0) is 36.5. The largest absolute Gasteiger partial charge is 0.480 e. The van der Waals surface area contributed by atoms with Gasteiger partial charge in [-0.25, -0.2) is 9.37 Å². The number of H-pyrrole nitrogens is 1. The summed E-state index contributed by atoms with van der Waals surface area (Å²) in [5.41, 5.74) is 1.14. The van der Waals surface area contributed by atoms with E-state index in [1.807, 2.05) is 11.8 Å². The van der Waals surface area contributed by atoms with Gasteiger partial charge in [-0.1, -0.05) is 18.0 Å². The molecule has 9 rings (SSSR count). The zero-order valence-electron chi connectivity index (χ0n) is 30.8. The number of aliphatic hydroxyl groups is 1. The number of methoxy groups -OCH3 is 1. The Morgan fingerprint density at radius 3 is 2.70 bits per heavy atom. The molecule has 14 heteroatoms. The summed E-state index contributed by atoms with van der Waals surface area (Å²) in [4.78, 5) is 19.2. The van der Waals surface area contributed by atoms with E-state index in [1.165, 1.54) is 32.8 Å². The molecule has 5 aliphatic rings. The van der Waals surface area contributed by atoms with Crippen molar-refractivity contribution in [3.63, 3.8) is 0 Å². The van der Waals surface area contributed by atoms with E-state index >= 15 is 4.39 Å². The number of aromatic nitrogens is 5. The number of nitrogens with one attached hydrogen (secondary N) is 1. The summed E-state index contributed by atoms with van der Waals surface area (Å²) < 4.78 is 41.3. The molecular weight excluding hydrogens is 701 g/mol. The van der Waals surface area contributed by atoms with Crippen molar-refractivity contribution >= 4 is 39.2 Å². The number of aromatic amines is 1. The Bertz CT molecular complexity index is 2030. The van der Waals surface area contributed by atoms with Gasteiger partial charge in [0.2, 0.25) is 5.88 Å². The van der Waals surface area contributed by atoms with Gasteiger partial charge in [0.15, 0.2) is 5.82 Å². The number of hydrogen-bond acceptors (Lipinski definition) is 11. The highest BCUT2D eigenvalue weighted by Crippen LogP contribution is 2.56. The van der Waals surface area contributed by atoms with Crippen LogP contribution in [0.1, 0.15) is 70.3 Å². The van der Waals surface area contributed by atoms with E-state index in [4.69, 9.17) is 45.5 Å². The molecule has 6 heterocycles. The van der Waals surface area contributed by atoms with Crippen LogP contribution in [0.2, 0.25) is 5.02 Å². The molecule has 2 aliphatic carbocycles. The van der Waals surface area contributed by atoms with Crippen LogP contribution in [-0.2, 0) is 9.47 Å². The summed E-state index contributed by atoms with van der Waals surface area (Å²) in [6.07, 6.45) is 12.1. The number of halogens is 2. The Hall–Kier alpha value is -3.36. The van der Waals surface area contributed by atoms with Crippen LogP contribution in [0.25, 0.3) is 33.1 Å². The van der Waals surface area contributed by atoms with Gasteiger partial charge >= 0.3 is 6.01 Å². The molecule has 0 unspecified atom stereocenters. The van der Waals surface area contributed by atoms with Crippen molar-refractivity contribution in [2.24, 2.45) is 10.8 Å². The van der Waals surface area contributed by atoms with E-state index in [9.17, 15) is 5.11 Å². The minimum atomic E-state index is -1.18. The van der Waals surface area contributed by atoms with Crippen LogP contribution >= 0.6 is 11.6 Å². The first-order valence-corrected chi connectivity index (χ1v) is 19.6. The number of pyridine rings is 1. The molecule has 2 saturated carbocycles. The Labute approximate surface area is 313 Å². The van der Waals surface area contributed by atoms with Crippen LogP contribution in [0.3, 0.4) is 0 Å². The molecule has 3 saturated heterocycles. The molecular formula is C39H49ClFN7O5. The van der Waals surface area contributed by atoms with Gasteiger partial charge in [0, 0.05) is 53.2 Å². The average molecular weight is 750 g/mol. The minimum absolute atomic E-state index is 0.0228. The number of hydrogen-bond donors (Lipinski definition) is 2. The Kier molecular flexibility index (Phi) is 8.96. The fourth-order valence-corrected chi connectivity index (χ4v) is 10.5. The van der Waals surface area contributed by atoms with Crippen molar-refractivity contribution in [3.8, 4) is 23.1 Å². The molecule has 4 aromatic rings. The van der Waals surface area contributed by atoms with Crippen LogP contribution in [-0.4, -0.2) is 113 Å². The van der Waals surface area contributed by atoms with Crippen LogP contribution < -0.4 is 14.4 Å². The summed E-state index contributed by atoms with van der Waals surface area (Å²) >= 11 is 6.65. The molecule has 2 N–H and O–H groups in total. The van der Waals surface area contributed by atoms with Gasteiger partial charge in [-0.2, -0.15) is 15.1 Å². The van der Waals surface area contributed by atoms with Gasteiger partial charge in [0.25, 0.3) is 0 Å². The van der Waals surface area contributed by atoms with Crippen molar-refractivity contribution in [1.82, 2.24) is 30.0 Å². The molecule has 0 amide bonds. The molecule has 53 heavy (non-hydrogen) atoms. The van der Waals surface area contributed by atoms with Crippen LogP contribution in [0.15, 0.2) is 12.3 Å². The van der Waals surface area contributed by atoms with E-state index in [0.717, 1.165) is 51.9 Å². The molecule has 3 aliphatic heterocycles. The summed E-state index contributed by atoms with van der Waals surface area (Å²) in [6.45, 7) is 8.03. The van der Waals surface area contributed by atoms with E-state index in [-0.39, 0.29) is 41.7 Å². The second-order valence-electron chi connectivity index (χ2n) is 16.6. The Morgan fingerprint density at radius 2 is 1.89 bits per heavy atom. The predicted octanol–water partition coefficient (Wildman–Crippen LogP) is 6.24. The normalized spacial score (nSPS) is 28.0. The van der Waals surface area contributed by atoms with Gasteiger partial charge in [0.1, 0.15) is 28.0 Å². The lowest BCUT2D eigenvalue weighted by molar-refractivity contribution is -0.112. The highest BCUT2D eigenvalue weighted by atomic mass is 35.5. The lowest BCUT2D eigenvalue weighted by atomic mass is 9.60. The number of fused-ring (bicyclic) bond motifs is 3. The summed E-state index contributed by atoms with van der Waals surface area (Å²) in [5.74, 6) is -0.115. The van der Waals surface area contributed by atoms with Gasteiger partial charge in [-0.3, -0.25) is 10.00 Å². The third-order valence-corrected chi connectivity index (χ3v) is 13.4. The van der Waals surface area contributed by atoms with Crippen LogP contribution in [0.5, 0.6) is 11.9 Å². The number of benzene rings is 1. The van der Waals surface area contributed by atoms with Crippen molar-refractivity contribution < 1.29 is 28.4 Å². The van der Waals surface area contributed by atoms with E-state index in [1.54, 1.807) is 19.2 Å². The summed E-state index contributed by atoms with van der Waals surface area (Å²) in [5, 5.41) is 19.8. The Balaban J connectivity index is 1.11. The van der Waals surface area contributed by atoms with E-state index in [2.05, 4.69) is 15.1 Å². The molecule has 0 radical (unpaired) electrons. The van der Waals surface area contributed by atoms with Crippen molar-refractivity contribution in [3.05, 3.63) is 28.7 Å². The summed E-state index contributed by atoms with van der Waals surface area (Å²) in [7, 11) is 1.50. The van der Waals surface area contributed by atoms with Gasteiger partial charge < -0.3 is 29.0 Å². The third-order valence-electron chi connectivity index (χ3n) is 13.0. The number of piperidine rings is 1. The van der Waals surface area contributed by atoms with Crippen LogP contribution in [0, 0.1) is 23.6 Å². The van der Waals surface area contributed by atoms with Crippen molar-refractivity contribution in [2.45, 2.75) is 89.3 Å². The number of anilines is 1. The quantitative estimate of drug-likeness (QED) is 0.223. The maximum absolute atomic E-state index is 17.3. The highest BCUT2D eigenvalue weighted by Gasteiger charge is 2.55. The first kappa shape index (κ1) is 35.3. The van der Waals surface area contributed by atoms with E-state index in [0.29, 0.717) is 75.5 Å². The molecule has 1 spiro atoms. The smallest absolute Gasteiger partial charge is 0.319 e. The molecule has 3 atom stereocenters. The molecule has 284 valence electrons. The molecule has 3 aromatic heterocycles. The van der Waals surface area contributed by atoms with E-state index < -0.39 is 11.4 Å². The fourth-order valence-electron chi connectivity index (χ4n) is 10.3. The second-order valence-corrected chi connectivity index (χ2v) is 17.0. The molecule has 0 bridgehead atoms. The first-order valence-electron chi connectivity index (χ1n) is 19.2. The first-order chi connectivity index (χ1) is 25.6. The maximum atomic E-state index is 17.3. The SMILES string of the molecule is COc1nc(-c2c(C)c(Cl)cc3[nH]ncc23)c(F)c2nc(OC[C@]34CCC[C@H]3N(C3CC5(CCOCC5)C3)CCC4)nc(N3CCOC[C@@](C)(O)C3)c12. The predicted molar refractivity (Wildman–Crippen MR) is 199 cm³/mol. The standard InChI is InChI=1S/C39H49ClFN7O5/c1-23-26(40)16-27-25(19-42-46-27)29(23)32-31(41)33-30(35(43-32)50-3)34(47-12-15-52-21-37(2,49)20-47)45-36(44-33)53-22-39-7-4-6-28(39)48(11-5-8-39)24-17-38(18-24)9-13-51-14-10-38/h16,19,24,28,49H,4-15,17-18,20-22H2,1-3H3,(H,42,46)/t28-,37+,39-/m1/s1.